The second-order valence-electron chi connectivity index (χ2n) is 8.14. The van der Waals surface area contributed by atoms with Crippen molar-refractivity contribution < 1.29 is 17.7 Å². The van der Waals surface area contributed by atoms with Gasteiger partial charge in [0.15, 0.2) is 0 Å². The molecule has 3 rings (SSSR count). The van der Waals surface area contributed by atoms with Gasteiger partial charge in [-0.25, -0.2) is 0 Å². The molecule has 0 aliphatic rings. The molecule has 3 aromatic carbocycles. The van der Waals surface area contributed by atoms with Crippen molar-refractivity contribution in [3.05, 3.63) is 113 Å². The molecule has 1 atom stereocenters. The summed E-state index contributed by atoms with van der Waals surface area (Å²) in [5.74, 6) is 0.805. The molecule has 35 heavy (non-hydrogen) atoms. The molecule has 0 saturated carbocycles. The van der Waals surface area contributed by atoms with Gasteiger partial charge in [-0.3, -0.25) is 4.55 Å². The number of halogens is 1. The second kappa shape index (κ2) is 12.4. The normalized spacial score (nSPS) is 13.5. The van der Waals surface area contributed by atoms with Crippen molar-refractivity contribution in [2.75, 3.05) is 0 Å². The fourth-order valence-corrected chi connectivity index (χ4v) is 5.03. The Labute approximate surface area is 216 Å². The maximum Gasteiger partial charge on any atom is 0.287 e. The molecule has 0 aromatic heterocycles. The molecule has 0 bridgehead atoms. The van der Waals surface area contributed by atoms with Crippen LogP contribution in [0.5, 0.6) is 5.75 Å². The Hall–Kier alpha value is -2.55. The molecule has 3 aromatic rings. The third-order valence-corrected chi connectivity index (χ3v) is 7.12. The summed E-state index contributed by atoms with van der Waals surface area (Å²) in [4.78, 5) is 2.05. The molecule has 5 nitrogen and oxygen atoms in total. The Morgan fingerprint density at radius 2 is 1.74 bits per heavy atom. The summed E-state index contributed by atoms with van der Waals surface area (Å²) in [5, 5.41) is 1.33. The van der Waals surface area contributed by atoms with Crippen LogP contribution in [0.15, 0.2) is 107 Å². The lowest BCUT2D eigenvalue weighted by atomic mass is 9.89. The van der Waals surface area contributed by atoms with E-state index < -0.39 is 15.7 Å². The largest absolute Gasteiger partial charge is 0.489 e. The van der Waals surface area contributed by atoms with Crippen LogP contribution in [0.3, 0.4) is 0 Å². The van der Waals surface area contributed by atoms with E-state index in [1.54, 1.807) is 17.8 Å². The van der Waals surface area contributed by atoms with Crippen molar-refractivity contribution in [1.82, 2.24) is 0 Å². The van der Waals surface area contributed by atoms with Gasteiger partial charge < -0.3 is 10.5 Å². The van der Waals surface area contributed by atoms with E-state index >= 15 is 0 Å². The van der Waals surface area contributed by atoms with E-state index in [4.69, 9.17) is 26.6 Å². The molecule has 0 amide bonds. The first-order chi connectivity index (χ1) is 16.7. The lowest BCUT2D eigenvalue weighted by molar-refractivity contribution is 0.306. The van der Waals surface area contributed by atoms with Gasteiger partial charge in [0.05, 0.1) is 5.41 Å². The van der Waals surface area contributed by atoms with Crippen molar-refractivity contribution in [3.63, 3.8) is 0 Å². The highest BCUT2D eigenvalue weighted by atomic mass is 35.5. The van der Waals surface area contributed by atoms with Gasteiger partial charge in [-0.15, -0.1) is 6.58 Å². The molecule has 0 heterocycles. The molecule has 0 aliphatic heterocycles. The number of benzene rings is 3. The lowest BCUT2D eigenvalue weighted by Crippen LogP contribution is -2.37. The van der Waals surface area contributed by atoms with Crippen LogP contribution in [0, 0.1) is 0 Å². The third-order valence-electron chi connectivity index (χ3n) is 5.29. The summed E-state index contributed by atoms with van der Waals surface area (Å²) >= 11 is 8.12. The predicted molar refractivity (Wildman–Crippen MR) is 144 cm³/mol. The van der Waals surface area contributed by atoms with E-state index in [1.807, 2.05) is 72.8 Å². The first-order valence-electron chi connectivity index (χ1n) is 11.0. The number of ether oxygens (including phenoxy) is 1. The van der Waals surface area contributed by atoms with Gasteiger partial charge in [-0.2, -0.15) is 8.42 Å². The number of hydrogen-bond acceptors (Lipinski definition) is 5. The van der Waals surface area contributed by atoms with E-state index in [1.165, 1.54) is 6.08 Å². The highest BCUT2D eigenvalue weighted by Gasteiger charge is 2.21. The number of hydrogen-bond donors (Lipinski definition) is 2. The zero-order valence-corrected chi connectivity index (χ0v) is 21.5. The average Bonchev–Trinajstić information content (AvgIpc) is 2.82. The van der Waals surface area contributed by atoms with Crippen LogP contribution in [0.25, 0.3) is 0 Å². The fourth-order valence-electron chi connectivity index (χ4n) is 3.39. The highest BCUT2D eigenvalue weighted by Crippen LogP contribution is 2.33. The average molecular weight is 530 g/mol. The molecule has 1 unspecified atom stereocenters. The molecule has 184 valence electrons. The number of aryl methyl sites for hydroxylation is 1. The maximum atomic E-state index is 11.1. The predicted octanol–water partition coefficient (Wildman–Crippen LogP) is 6.68. The van der Waals surface area contributed by atoms with Crippen LogP contribution >= 0.6 is 23.4 Å². The quantitative estimate of drug-likeness (QED) is 0.201. The summed E-state index contributed by atoms with van der Waals surface area (Å²) < 4.78 is 37.0. The molecule has 0 saturated heterocycles. The highest BCUT2D eigenvalue weighted by molar-refractivity contribution is 7.99. The van der Waals surface area contributed by atoms with Gasteiger partial charge in [0.2, 0.25) is 0 Å². The molecule has 0 radical (unpaired) electrons. The molecular weight excluding hydrogens is 502 g/mol. The Balaban J connectivity index is 1.59. The first-order valence-corrected chi connectivity index (χ1v) is 13.7. The smallest absolute Gasteiger partial charge is 0.287 e. The number of nitrogens with two attached hydrogens (primary N) is 1. The molecule has 0 spiro atoms. The summed E-state index contributed by atoms with van der Waals surface area (Å²) in [5.41, 5.74) is 7.38. The number of rotatable bonds is 12. The standard InChI is InChI=1S/C27H28ClNO4S2/c1-2-15-27(29,17-18-35(30,31)32)16-14-22-8-11-25(19-26(22)28)34-24-12-9-23(10-13-24)33-20-21-6-4-3-5-7-21/h2-13,17-19H,1,14-16,20,29H2,(H,30,31,32). The van der Waals surface area contributed by atoms with Crippen LogP contribution in [0.2, 0.25) is 5.02 Å². The van der Waals surface area contributed by atoms with E-state index in [2.05, 4.69) is 6.58 Å². The van der Waals surface area contributed by atoms with Gasteiger partial charge in [-0.05, 0) is 66.8 Å². The Morgan fingerprint density at radius 3 is 2.37 bits per heavy atom. The Kier molecular flexibility index (Phi) is 9.60. The SMILES string of the molecule is C=CCC(N)(C=CS(=O)(=O)O)CCc1ccc(Sc2ccc(OCc3ccccc3)cc2)cc1Cl. The third kappa shape index (κ3) is 9.20. The van der Waals surface area contributed by atoms with Crippen LogP contribution in [-0.2, 0) is 23.1 Å². The van der Waals surface area contributed by atoms with Crippen LogP contribution in [0.1, 0.15) is 24.0 Å². The van der Waals surface area contributed by atoms with Crippen LogP contribution in [-0.4, -0.2) is 18.5 Å². The Bertz CT molecular complexity index is 1260. The van der Waals surface area contributed by atoms with Crippen LogP contribution < -0.4 is 10.5 Å². The zero-order chi connectivity index (χ0) is 25.3. The molecule has 0 fully saturated rings. The minimum absolute atomic E-state index is 0.357. The van der Waals surface area contributed by atoms with Gasteiger partial charge in [0.1, 0.15) is 12.4 Å². The van der Waals surface area contributed by atoms with Crippen molar-refractivity contribution in [1.29, 1.82) is 0 Å². The summed E-state index contributed by atoms with van der Waals surface area (Å²) in [7, 11) is -4.25. The minimum atomic E-state index is -4.25. The fraction of sp³-hybridized carbons (Fsp3) is 0.185. The van der Waals surface area contributed by atoms with Gasteiger partial charge >= 0.3 is 0 Å². The first kappa shape index (κ1) is 27.0. The van der Waals surface area contributed by atoms with Crippen molar-refractivity contribution in [2.45, 2.75) is 41.2 Å². The van der Waals surface area contributed by atoms with E-state index in [-0.39, 0.29) is 0 Å². The molecular formula is C27H28ClNO4S2. The van der Waals surface area contributed by atoms with Crippen molar-refractivity contribution in [2.24, 2.45) is 5.73 Å². The van der Waals surface area contributed by atoms with E-state index in [0.717, 1.165) is 32.1 Å². The van der Waals surface area contributed by atoms with Crippen molar-refractivity contribution in [3.8, 4) is 5.75 Å². The van der Waals surface area contributed by atoms with E-state index in [0.29, 0.717) is 30.9 Å². The summed E-state index contributed by atoms with van der Waals surface area (Å²) in [6.07, 6.45) is 4.25. The van der Waals surface area contributed by atoms with Crippen LogP contribution in [0.4, 0.5) is 0 Å². The lowest BCUT2D eigenvalue weighted by Gasteiger charge is -2.24. The topological polar surface area (TPSA) is 89.6 Å². The Morgan fingerprint density at radius 1 is 1.06 bits per heavy atom. The molecule has 8 heteroatoms. The van der Waals surface area contributed by atoms with E-state index in [9.17, 15) is 8.42 Å². The zero-order valence-electron chi connectivity index (χ0n) is 19.1. The van der Waals surface area contributed by atoms with Crippen molar-refractivity contribution >= 4 is 33.5 Å². The summed E-state index contributed by atoms with van der Waals surface area (Å²) in [6.45, 7) is 4.20. The molecule has 3 N–H and O–H groups in total. The monoisotopic (exact) mass is 529 g/mol. The summed E-state index contributed by atoms with van der Waals surface area (Å²) in [6, 6.07) is 23.8. The van der Waals surface area contributed by atoms with Gasteiger partial charge in [-0.1, -0.05) is 71.9 Å². The second-order valence-corrected chi connectivity index (χ2v) is 11.0. The van der Waals surface area contributed by atoms with Gasteiger partial charge in [0.25, 0.3) is 10.1 Å². The minimum Gasteiger partial charge on any atom is -0.489 e. The maximum absolute atomic E-state index is 11.1. The molecule has 0 aliphatic carbocycles. The van der Waals surface area contributed by atoms with Gasteiger partial charge in [0, 0.05) is 20.4 Å².